The van der Waals surface area contributed by atoms with E-state index in [1.54, 1.807) is 0 Å². The Labute approximate surface area is 70.4 Å². The molecule has 0 aliphatic rings. The molecule has 0 spiro atoms. The van der Waals surface area contributed by atoms with E-state index in [0.717, 1.165) is 0 Å². The average molecular weight is 325 g/mol. The van der Waals surface area contributed by atoms with Gasteiger partial charge in [-0.05, 0) is 0 Å². The van der Waals surface area contributed by atoms with Crippen molar-refractivity contribution in [2.24, 2.45) is 0 Å². The summed E-state index contributed by atoms with van der Waals surface area (Å²) in [6.45, 7) is 8.15. The van der Waals surface area contributed by atoms with Gasteiger partial charge in [-0.3, -0.25) is 0 Å². The Hall–Kier alpha value is 0.842. The molecule has 0 unspecified atom stereocenters. The molecule has 0 N–H and O–H groups in total. The SMILES string of the molecule is CC(C)[O][Pb+2][O]C(C)C. The first-order valence-electron chi connectivity index (χ1n) is 3.19. The van der Waals surface area contributed by atoms with Gasteiger partial charge < -0.3 is 0 Å². The molecule has 0 saturated heterocycles. The van der Waals surface area contributed by atoms with Crippen LogP contribution in [0.4, 0.5) is 0 Å². The van der Waals surface area contributed by atoms with E-state index in [9.17, 15) is 0 Å². The van der Waals surface area contributed by atoms with E-state index in [1.165, 1.54) is 0 Å². The third kappa shape index (κ3) is 8.84. The van der Waals surface area contributed by atoms with Gasteiger partial charge in [-0.15, -0.1) is 0 Å². The van der Waals surface area contributed by atoms with Crippen LogP contribution in [0.2, 0.25) is 0 Å². The van der Waals surface area contributed by atoms with Gasteiger partial charge in [0.05, 0.1) is 0 Å². The summed E-state index contributed by atoms with van der Waals surface area (Å²) in [6.07, 6.45) is 0.708. The zero-order chi connectivity index (χ0) is 7.28. The summed E-state index contributed by atoms with van der Waals surface area (Å²) in [5.41, 5.74) is 0. The second-order valence-corrected chi connectivity index (χ2v) is 4.90. The van der Waals surface area contributed by atoms with Crippen LogP contribution in [0.5, 0.6) is 0 Å². The molecule has 3 heteroatoms. The van der Waals surface area contributed by atoms with Gasteiger partial charge in [0.15, 0.2) is 0 Å². The molecule has 0 bridgehead atoms. The van der Waals surface area contributed by atoms with Gasteiger partial charge in [-0.2, -0.15) is 0 Å². The van der Waals surface area contributed by atoms with Crippen LogP contribution in [-0.4, -0.2) is 37.3 Å². The van der Waals surface area contributed by atoms with Gasteiger partial charge in [-0.1, -0.05) is 0 Å². The molecule has 0 saturated carbocycles. The molecular weight excluding hydrogens is 311 g/mol. The van der Waals surface area contributed by atoms with E-state index in [0.29, 0.717) is 12.2 Å². The summed E-state index contributed by atoms with van der Waals surface area (Å²) < 4.78 is 10.6. The first kappa shape index (κ1) is 9.84. The Morgan fingerprint density at radius 1 is 0.889 bits per heavy atom. The van der Waals surface area contributed by atoms with Gasteiger partial charge in [-0.25, -0.2) is 0 Å². The fourth-order valence-corrected chi connectivity index (χ4v) is 1.93. The van der Waals surface area contributed by atoms with Crippen LogP contribution in [-0.2, 0) is 5.37 Å². The summed E-state index contributed by atoms with van der Waals surface area (Å²) in [4.78, 5) is 0. The van der Waals surface area contributed by atoms with Crippen molar-refractivity contribution >= 4 is 25.1 Å². The van der Waals surface area contributed by atoms with Gasteiger partial charge in [0.1, 0.15) is 0 Å². The third-order valence-corrected chi connectivity index (χ3v) is 4.98. The normalized spacial score (nSPS) is 10.4. The Kier molecular flexibility index (Phi) is 6.14. The fraction of sp³-hybridized carbons (Fsp3) is 1.00. The summed E-state index contributed by atoms with van der Waals surface area (Å²) >= 11 is -1.12. The monoisotopic (exact) mass is 326 g/mol. The van der Waals surface area contributed by atoms with E-state index in [1.807, 2.05) is 27.7 Å². The predicted octanol–water partition coefficient (Wildman–Crippen LogP) is 1.37. The van der Waals surface area contributed by atoms with Crippen molar-refractivity contribution in [1.29, 1.82) is 0 Å². The average Bonchev–Trinajstić information content (AvgIpc) is 1.63. The third-order valence-electron chi connectivity index (χ3n) is 0.568. The molecule has 52 valence electrons. The van der Waals surface area contributed by atoms with E-state index >= 15 is 0 Å². The molecule has 0 aromatic carbocycles. The summed E-state index contributed by atoms with van der Waals surface area (Å²) in [5.74, 6) is 0. The molecule has 0 aliphatic heterocycles. The molecule has 2 nitrogen and oxygen atoms in total. The summed E-state index contributed by atoms with van der Waals surface area (Å²) in [6, 6.07) is 0. The maximum absolute atomic E-state index is 5.32. The molecule has 0 radical (unpaired) electrons. The first-order chi connectivity index (χ1) is 4.13. The van der Waals surface area contributed by atoms with Crippen molar-refractivity contribution < 1.29 is 5.37 Å². The molecule has 0 rings (SSSR count). The van der Waals surface area contributed by atoms with Crippen molar-refractivity contribution in [2.75, 3.05) is 0 Å². The van der Waals surface area contributed by atoms with Crippen LogP contribution in [0.15, 0.2) is 0 Å². The molecule has 0 amide bonds. The molecule has 9 heavy (non-hydrogen) atoms. The summed E-state index contributed by atoms with van der Waals surface area (Å²) in [7, 11) is 0. The maximum atomic E-state index is 5.32. The van der Waals surface area contributed by atoms with Gasteiger partial charge in [0, 0.05) is 0 Å². The zero-order valence-electron chi connectivity index (χ0n) is 6.47. The Bertz CT molecular complexity index is 56.1. The Morgan fingerprint density at radius 2 is 1.22 bits per heavy atom. The Morgan fingerprint density at radius 3 is 1.44 bits per heavy atom. The molecule has 0 atom stereocenters. The van der Waals surface area contributed by atoms with Crippen LogP contribution in [0, 0.1) is 0 Å². The van der Waals surface area contributed by atoms with Crippen molar-refractivity contribution in [2.45, 2.75) is 39.9 Å². The molecule has 0 aromatic rings. The first-order valence-corrected chi connectivity index (χ1v) is 6.36. The molecule has 0 heterocycles. The minimum absolute atomic E-state index is 0.354. The number of rotatable bonds is 4. The van der Waals surface area contributed by atoms with Crippen molar-refractivity contribution in [3.63, 3.8) is 0 Å². The van der Waals surface area contributed by atoms with E-state index in [-0.39, 0.29) is 0 Å². The van der Waals surface area contributed by atoms with Crippen LogP contribution in [0.25, 0.3) is 0 Å². The summed E-state index contributed by atoms with van der Waals surface area (Å²) in [5, 5.41) is 0. The van der Waals surface area contributed by atoms with E-state index in [2.05, 4.69) is 0 Å². The second-order valence-electron chi connectivity index (χ2n) is 2.42. The van der Waals surface area contributed by atoms with Gasteiger partial charge >= 0.3 is 70.4 Å². The second kappa shape index (κ2) is 5.61. The van der Waals surface area contributed by atoms with Crippen LogP contribution in [0.3, 0.4) is 0 Å². The molecular formula is C6H14O2Pb+2. The fourth-order valence-electron chi connectivity index (χ4n) is 0.220. The topological polar surface area (TPSA) is 18.5 Å². The molecule has 0 aliphatic carbocycles. The van der Waals surface area contributed by atoms with Crippen molar-refractivity contribution in [3.8, 4) is 0 Å². The van der Waals surface area contributed by atoms with Crippen molar-refractivity contribution in [1.82, 2.24) is 0 Å². The number of hydrogen-bond acceptors (Lipinski definition) is 2. The molecule has 0 aromatic heterocycles. The van der Waals surface area contributed by atoms with Crippen LogP contribution >= 0.6 is 0 Å². The minimum atomic E-state index is -1.12. The Balaban J connectivity index is 2.91. The van der Waals surface area contributed by atoms with Crippen LogP contribution < -0.4 is 0 Å². The predicted molar refractivity (Wildman–Crippen MR) is 38.2 cm³/mol. The van der Waals surface area contributed by atoms with E-state index in [4.69, 9.17) is 5.37 Å². The van der Waals surface area contributed by atoms with Gasteiger partial charge in [0.2, 0.25) is 0 Å². The quantitative estimate of drug-likeness (QED) is 0.727. The zero-order valence-corrected chi connectivity index (χ0v) is 10.4. The van der Waals surface area contributed by atoms with E-state index < -0.39 is 25.1 Å². The van der Waals surface area contributed by atoms with Crippen molar-refractivity contribution in [3.05, 3.63) is 0 Å². The van der Waals surface area contributed by atoms with Crippen LogP contribution in [0.1, 0.15) is 27.7 Å². The van der Waals surface area contributed by atoms with Gasteiger partial charge in [0.25, 0.3) is 0 Å². The number of hydrogen-bond donors (Lipinski definition) is 0. The standard InChI is InChI=1S/2C3H7O.Pb/c2*1-3(2)4;/h2*3H,1-2H3;/q2*-1;+4. The molecule has 0 fully saturated rings.